The van der Waals surface area contributed by atoms with Crippen LogP contribution >= 0.6 is 0 Å². The highest BCUT2D eigenvalue weighted by Crippen LogP contribution is 1.98. The van der Waals surface area contributed by atoms with Crippen LogP contribution in [0.3, 0.4) is 0 Å². The maximum Gasteiger partial charge on any atom is 0.369 e. The van der Waals surface area contributed by atoms with E-state index in [9.17, 15) is 13.2 Å². The first-order valence-corrected chi connectivity index (χ1v) is 6.60. The van der Waals surface area contributed by atoms with Gasteiger partial charge in [-0.1, -0.05) is 17.0 Å². The van der Waals surface area contributed by atoms with E-state index in [4.69, 9.17) is 0 Å². The van der Waals surface area contributed by atoms with Gasteiger partial charge in [-0.3, -0.25) is 9.87 Å². The second-order valence-corrected chi connectivity index (χ2v) is 4.92. The van der Waals surface area contributed by atoms with E-state index in [1.54, 1.807) is 12.4 Å². The van der Waals surface area contributed by atoms with Crippen LogP contribution in [0.2, 0.25) is 0 Å². The largest absolute Gasteiger partial charge is 0.369 e. The molecule has 6 nitrogen and oxygen atoms in total. The van der Waals surface area contributed by atoms with Gasteiger partial charge in [0, 0.05) is 18.0 Å². The van der Waals surface area contributed by atoms with Crippen molar-refractivity contribution in [2.24, 2.45) is 0 Å². The predicted octanol–water partition coefficient (Wildman–Crippen LogP) is 1.47. The fourth-order valence-corrected chi connectivity index (χ4v) is 0.776. The Hall–Kier alpha value is -1.73. The maximum atomic E-state index is 10.6. The van der Waals surface area contributed by atoms with Crippen LogP contribution in [-0.2, 0) is 24.1 Å². The van der Waals surface area contributed by atoms with Crippen molar-refractivity contribution in [2.75, 3.05) is 5.75 Å². The molecule has 0 fully saturated rings. The lowest BCUT2D eigenvalue weighted by Gasteiger charge is -2.00. The lowest BCUT2D eigenvalue weighted by molar-refractivity contribution is -0.205. The molecule has 7 heteroatoms. The Labute approximate surface area is 106 Å². The lowest BCUT2D eigenvalue weighted by Crippen LogP contribution is -2.13. The number of carbonyl (C=O) groups excluding carboxylic acids is 1. The van der Waals surface area contributed by atoms with E-state index in [2.05, 4.69) is 20.8 Å². The summed E-state index contributed by atoms with van der Waals surface area (Å²) in [5.41, 5.74) is 0.0707. The first-order chi connectivity index (χ1) is 8.39. The van der Waals surface area contributed by atoms with Gasteiger partial charge in [-0.25, -0.2) is 4.79 Å². The van der Waals surface area contributed by atoms with Crippen LogP contribution < -0.4 is 0 Å². The van der Waals surface area contributed by atoms with Gasteiger partial charge in [0.05, 0.1) is 5.75 Å². The molecule has 0 bridgehead atoms. The Morgan fingerprint density at radius 2 is 1.83 bits per heavy atom. The summed E-state index contributed by atoms with van der Waals surface area (Å²) in [6.07, 6.45) is 3.50. The van der Waals surface area contributed by atoms with Crippen molar-refractivity contribution in [1.82, 2.24) is 4.98 Å². The number of hydrogen-bond acceptors (Lipinski definition) is 6. The van der Waals surface area contributed by atoms with E-state index in [1.165, 1.54) is 13.8 Å². The summed E-state index contributed by atoms with van der Waals surface area (Å²) in [5.74, 6) is -1.15. The molecule has 0 spiro atoms. The fourth-order valence-electron chi connectivity index (χ4n) is 0.515. The van der Waals surface area contributed by atoms with Crippen LogP contribution in [0.4, 0.5) is 0 Å². The van der Waals surface area contributed by atoms with Crippen molar-refractivity contribution < 1.29 is 22.4 Å². The van der Waals surface area contributed by atoms with E-state index in [1.807, 2.05) is 18.2 Å². The summed E-state index contributed by atoms with van der Waals surface area (Å²) in [4.78, 5) is 18.3. The highest BCUT2D eigenvalue weighted by Gasteiger charge is 2.13. The minimum Gasteiger partial charge on any atom is -0.276 e. The third-order valence-electron chi connectivity index (χ3n) is 1.48. The summed E-state index contributed by atoms with van der Waals surface area (Å²) in [5, 5.41) is 0. The fraction of sp³-hybridized carbons (Fsp3) is 0.273. The van der Waals surface area contributed by atoms with E-state index in [-0.39, 0.29) is 11.3 Å². The molecular formula is C11H15NO5S. The van der Waals surface area contributed by atoms with Crippen LogP contribution in [0.5, 0.6) is 0 Å². The normalized spacial score (nSPS) is 9.89. The number of rotatable bonds is 4. The molecule has 0 saturated heterocycles. The molecule has 1 heterocycles. The van der Waals surface area contributed by atoms with Crippen molar-refractivity contribution in [3.8, 4) is 0 Å². The van der Waals surface area contributed by atoms with Gasteiger partial charge in [-0.15, -0.1) is 0 Å². The minimum atomic E-state index is -3.73. The molecule has 1 aromatic heterocycles. The molecule has 0 aliphatic rings. The molecule has 0 aliphatic carbocycles. The summed E-state index contributed by atoms with van der Waals surface area (Å²) >= 11 is 0. The van der Waals surface area contributed by atoms with Gasteiger partial charge in [0.25, 0.3) is 0 Å². The van der Waals surface area contributed by atoms with Gasteiger partial charge in [0.1, 0.15) is 0 Å². The molecule has 0 radical (unpaired) electrons. The van der Waals surface area contributed by atoms with Gasteiger partial charge in [0.2, 0.25) is 0 Å². The zero-order chi connectivity index (χ0) is 14.0. The van der Waals surface area contributed by atoms with Crippen LogP contribution in [0.1, 0.15) is 13.8 Å². The molecule has 1 rings (SSSR count). The molecule has 1 aromatic rings. The number of pyridine rings is 1. The Bertz CT molecular complexity index is 443. The van der Waals surface area contributed by atoms with Crippen LogP contribution in [-0.4, -0.2) is 25.1 Å². The van der Waals surface area contributed by atoms with Gasteiger partial charge in [0.15, 0.2) is 0 Å². The predicted molar refractivity (Wildman–Crippen MR) is 65.7 cm³/mol. The Morgan fingerprint density at radius 1 is 1.28 bits per heavy atom. The third-order valence-corrected chi connectivity index (χ3v) is 2.46. The van der Waals surface area contributed by atoms with Crippen LogP contribution in [0.15, 0.2) is 42.7 Å². The standard InChI is InChI=1S/C6H10O5S.C5H5N/c1-4-12(8,9)11-10-6(7)5(2)3;1-2-4-6-5-3-1/h2,4H2,1,3H3;1-5H. The summed E-state index contributed by atoms with van der Waals surface area (Å²) in [6.45, 7) is 5.98. The highest BCUT2D eigenvalue weighted by atomic mass is 32.2. The van der Waals surface area contributed by atoms with Crippen LogP contribution in [0.25, 0.3) is 0 Å². The smallest absolute Gasteiger partial charge is 0.276 e. The number of aromatic nitrogens is 1. The molecule has 18 heavy (non-hydrogen) atoms. The van der Waals surface area contributed by atoms with Gasteiger partial charge < -0.3 is 0 Å². The Balaban J connectivity index is 0.000000397. The average Bonchev–Trinajstić information content (AvgIpc) is 2.38. The Morgan fingerprint density at radius 3 is 2.11 bits per heavy atom. The summed E-state index contributed by atoms with van der Waals surface area (Å²) < 4.78 is 25.1. The number of nitrogens with zero attached hydrogens (tertiary/aromatic N) is 1. The second-order valence-electron chi connectivity index (χ2n) is 3.09. The molecular weight excluding hydrogens is 258 g/mol. The van der Waals surface area contributed by atoms with Gasteiger partial charge in [-0.2, -0.15) is 8.42 Å². The highest BCUT2D eigenvalue weighted by molar-refractivity contribution is 7.86. The van der Waals surface area contributed by atoms with E-state index < -0.39 is 16.1 Å². The summed E-state index contributed by atoms with van der Waals surface area (Å²) in [7, 11) is -3.73. The average molecular weight is 273 g/mol. The van der Waals surface area contributed by atoms with Gasteiger partial charge >= 0.3 is 16.1 Å². The molecule has 0 atom stereocenters. The molecule has 0 saturated carbocycles. The zero-order valence-electron chi connectivity index (χ0n) is 10.2. The lowest BCUT2D eigenvalue weighted by atomic mass is 10.4. The second kappa shape index (κ2) is 8.37. The summed E-state index contributed by atoms with van der Waals surface area (Å²) in [6, 6.07) is 5.72. The minimum absolute atomic E-state index is 0.0707. The van der Waals surface area contributed by atoms with Crippen molar-refractivity contribution in [3.05, 3.63) is 42.7 Å². The molecule has 0 unspecified atom stereocenters. The molecule has 0 aliphatic heterocycles. The molecule has 0 amide bonds. The quantitative estimate of drug-likeness (QED) is 0.469. The maximum absolute atomic E-state index is 10.6. The van der Waals surface area contributed by atoms with Crippen molar-refractivity contribution in [3.63, 3.8) is 0 Å². The molecule has 100 valence electrons. The molecule has 0 N–H and O–H groups in total. The first kappa shape index (κ1) is 16.3. The topological polar surface area (TPSA) is 82.6 Å². The van der Waals surface area contributed by atoms with E-state index in [0.717, 1.165) is 0 Å². The number of hydrogen-bond donors (Lipinski definition) is 0. The monoisotopic (exact) mass is 273 g/mol. The van der Waals surface area contributed by atoms with Crippen molar-refractivity contribution in [1.29, 1.82) is 0 Å². The SMILES string of the molecule is C=C(C)C(=O)OOS(=O)(=O)CC.c1ccncc1. The van der Waals surface area contributed by atoms with Gasteiger partial charge in [-0.05, 0) is 26.0 Å². The molecule has 0 aromatic carbocycles. The van der Waals surface area contributed by atoms with E-state index >= 15 is 0 Å². The zero-order valence-corrected chi connectivity index (χ0v) is 11.0. The van der Waals surface area contributed by atoms with E-state index in [0.29, 0.717) is 0 Å². The van der Waals surface area contributed by atoms with Crippen LogP contribution in [0, 0.1) is 0 Å². The van der Waals surface area contributed by atoms with Crippen molar-refractivity contribution in [2.45, 2.75) is 13.8 Å². The number of carbonyl (C=O) groups is 1. The Kier molecular flexibility index (Phi) is 7.57. The first-order valence-electron chi connectivity index (χ1n) is 5.02. The third kappa shape index (κ3) is 8.43. The van der Waals surface area contributed by atoms with Crippen molar-refractivity contribution >= 4 is 16.1 Å².